The van der Waals surface area contributed by atoms with Gasteiger partial charge in [0.1, 0.15) is 17.9 Å². The zero-order valence-electron chi connectivity index (χ0n) is 14.6. The molecular formula is C18H22N4O3. The molecule has 2 atom stereocenters. The smallest absolute Gasteiger partial charge is 0.275 e. The number of nitrogens with one attached hydrogen (secondary N) is 1. The highest BCUT2D eigenvalue weighted by Gasteiger charge is 2.41. The molecule has 1 fully saturated rings. The maximum atomic E-state index is 12.9. The third-order valence-corrected chi connectivity index (χ3v) is 4.45. The van der Waals surface area contributed by atoms with Crippen LogP contribution in [-0.4, -0.2) is 52.2 Å². The van der Waals surface area contributed by atoms with Gasteiger partial charge in [-0.3, -0.25) is 14.3 Å². The number of aromatic nitrogens is 2. The van der Waals surface area contributed by atoms with E-state index in [9.17, 15) is 9.59 Å². The molecule has 1 aromatic carbocycles. The lowest BCUT2D eigenvalue weighted by atomic mass is 10.2. The summed E-state index contributed by atoms with van der Waals surface area (Å²) < 4.78 is 7.59. The molecule has 1 N–H and O–H groups in total. The number of benzene rings is 1. The summed E-state index contributed by atoms with van der Waals surface area (Å²) >= 11 is 0. The maximum Gasteiger partial charge on any atom is 0.275 e. The summed E-state index contributed by atoms with van der Waals surface area (Å²) in [7, 11) is 3.36. The number of rotatable bonds is 4. The standard InChI is InChI=1S/C18H22N4O3/c1-12-9-15(20-21(12)3)18(24)22-11-14(10-16(22)17(23)19-2)25-13-7-5-4-6-8-13/h4-9,14,16H,10-11H2,1-3H3,(H,19,23)/t14-,16-/m0/s1. The molecule has 3 rings (SSSR count). The van der Waals surface area contributed by atoms with Gasteiger partial charge in [0.2, 0.25) is 5.91 Å². The molecule has 0 saturated carbocycles. The molecule has 1 aromatic heterocycles. The minimum Gasteiger partial charge on any atom is -0.488 e. The summed E-state index contributed by atoms with van der Waals surface area (Å²) in [6, 6.07) is 10.6. The first-order valence-corrected chi connectivity index (χ1v) is 8.24. The molecule has 7 nitrogen and oxygen atoms in total. The van der Waals surface area contributed by atoms with Gasteiger partial charge in [0.05, 0.1) is 6.54 Å². The lowest BCUT2D eigenvalue weighted by molar-refractivity contribution is -0.124. The molecule has 0 radical (unpaired) electrons. The number of carbonyl (C=O) groups excluding carboxylic acids is 2. The van der Waals surface area contributed by atoms with Crippen molar-refractivity contribution in [2.45, 2.75) is 25.5 Å². The molecule has 132 valence electrons. The highest BCUT2D eigenvalue weighted by molar-refractivity contribution is 5.96. The summed E-state index contributed by atoms with van der Waals surface area (Å²) in [5.74, 6) is 0.280. The van der Waals surface area contributed by atoms with Crippen LogP contribution in [0.5, 0.6) is 5.75 Å². The lowest BCUT2D eigenvalue weighted by Gasteiger charge is -2.21. The topological polar surface area (TPSA) is 76.5 Å². The zero-order chi connectivity index (χ0) is 18.0. The van der Waals surface area contributed by atoms with Crippen molar-refractivity contribution in [2.24, 2.45) is 7.05 Å². The monoisotopic (exact) mass is 342 g/mol. The molecule has 0 spiro atoms. The van der Waals surface area contributed by atoms with Crippen LogP contribution in [0.25, 0.3) is 0 Å². The molecule has 1 aliphatic rings. The van der Waals surface area contributed by atoms with Gasteiger partial charge in [-0.25, -0.2) is 0 Å². The average Bonchev–Trinajstić information content (AvgIpc) is 3.18. The Balaban J connectivity index is 1.80. The number of hydrogen-bond acceptors (Lipinski definition) is 4. The van der Waals surface area contributed by atoms with E-state index in [1.54, 1.807) is 29.7 Å². The predicted molar refractivity (Wildman–Crippen MR) is 92.3 cm³/mol. The fourth-order valence-electron chi connectivity index (χ4n) is 3.03. The Hall–Kier alpha value is -2.83. The SMILES string of the molecule is CNC(=O)[C@@H]1C[C@H](Oc2ccccc2)CN1C(=O)c1cc(C)n(C)n1. The molecule has 2 heterocycles. The van der Waals surface area contributed by atoms with Crippen molar-refractivity contribution in [2.75, 3.05) is 13.6 Å². The van der Waals surface area contributed by atoms with Crippen LogP contribution in [-0.2, 0) is 11.8 Å². The second-order valence-corrected chi connectivity index (χ2v) is 6.17. The summed E-state index contributed by atoms with van der Waals surface area (Å²) in [5, 5.41) is 6.87. The minimum absolute atomic E-state index is 0.194. The summed E-state index contributed by atoms with van der Waals surface area (Å²) in [6.07, 6.45) is 0.213. The Kier molecular flexibility index (Phi) is 4.74. The van der Waals surface area contributed by atoms with Crippen LogP contribution in [0.2, 0.25) is 0 Å². The average molecular weight is 342 g/mol. The van der Waals surface area contributed by atoms with Crippen molar-refractivity contribution in [3.63, 3.8) is 0 Å². The summed E-state index contributed by atoms with van der Waals surface area (Å²) in [6.45, 7) is 2.23. The number of carbonyl (C=O) groups is 2. The third-order valence-electron chi connectivity index (χ3n) is 4.45. The van der Waals surface area contributed by atoms with Gasteiger partial charge in [-0.2, -0.15) is 5.10 Å². The second kappa shape index (κ2) is 6.96. The van der Waals surface area contributed by atoms with E-state index in [4.69, 9.17) is 4.74 Å². The molecule has 2 aromatic rings. The van der Waals surface area contributed by atoms with Crippen molar-refractivity contribution >= 4 is 11.8 Å². The third kappa shape index (κ3) is 3.50. The van der Waals surface area contributed by atoms with Crippen LogP contribution < -0.4 is 10.1 Å². The molecule has 25 heavy (non-hydrogen) atoms. The van der Waals surface area contributed by atoms with Gasteiger partial charge in [-0.1, -0.05) is 18.2 Å². The van der Waals surface area contributed by atoms with Gasteiger partial charge in [0.25, 0.3) is 5.91 Å². The Bertz CT molecular complexity index is 752. The summed E-state index contributed by atoms with van der Waals surface area (Å²) in [5.41, 5.74) is 1.23. The van der Waals surface area contributed by atoms with Crippen LogP contribution in [0.1, 0.15) is 22.6 Å². The Morgan fingerprint density at radius 3 is 2.60 bits per heavy atom. The number of ether oxygens (including phenoxy) is 1. The van der Waals surface area contributed by atoms with Gasteiger partial charge in [0.15, 0.2) is 5.69 Å². The van der Waals surface area contributed by atoms with E-state index in [0.29, 0.717) is 18.7 Å². The first kappa shape index (κ1) is 17.0. The van der Waals surface area contributed by atoms with Crippen molar-refractivity contribution in [3.05, 3.63) is 47.8 Å². The number of hydrogen-bond donors (Lipinski definition) is 1. The van der Waals surface area contributed by atoms with Crippen molar-refractivity contribution in [3.8, 4) is 5.75 Å². The highest BCUT2D eigenvalue weighted by atomic mass is 16.5. The van der Waals surface area contributed by atoms with Crippen LogP contribution in [0, 0.1) is 6.92 Å². The molecule has 0 unspecified atom stereocenters. The van der Waals surface area contributed by atoms with Gasteiger partial charge in [0, 0.05) is 26.2 Å². The first-order chi connectivity index (χ1) is 12.0. The first-order valence-electron chi connectivity index (χ1n) is 8.24. The van der Waals surface area contributed by atoms with Crippen molar-refractivity contribution in [1.82, 2.24) is 20.0 Å². The van der Waals surface area contributed by atoms with Gasteiger partial charge < -0.3 is 15.0 Å². The number of amides is 2. The van der Waals surface area contributed by atoms with E-state index in [1.165, 1.54) is 0 Å². The quantitative estimate of drug-likeness (QED) is 0.904. The van der Waals surface area contributed by atoms with Crippen molar-refractivity contribution in [1.29, 1.82) is 0 Å². The Morgan fingerprint density at radius 2 is 2.00 bits per heavy atom. The largest absolute Gasteiger partial charge is 0.488 e. The van der Waals surface area contributed by atoms with Gasteiger partial charge in [-0.15, -0.1) is 0 Å². The van der Waals surface area contributed by atoms with E-state index < -0.39 is 6.04 Å². The molecule has 1 aliphatic heterocycles. The van der Waals surface area contributed by atoms with E-state index in [2.05, 4.69) is 10.4 Å². The number of likely N-dealkylation sites (tertiary alicyclic amines) is 1. The van der Waals surface area contributed by atoms with E-state index in [-0.39, 0.29) is 17.9 Å². The predicted octanol–water partition coefficient (Wildman–Crippen LogP) is 1.14. The van der Waals surface area contributed by atoms with Crippen LogP contribution in [0.3, 0.4) is 0 Å². The number of aryl methyl sites for hydroxylation is 2. The minimum atomic E-state index is -0.562. The second-order valence-electron chi connectivity index (χ2n) is 6.17. The fraction of sp³-hybridized carbons (Fsp3) is 0.389. The number of nitrogens with zero attached hydrogens (tertiary/aromatic N) is 3. The maximum absolute atomic E-state index is 12.9. The van der Waals surface area contributed by atoms with Crippen LogP contribution in [0.15, 0.2) is 36.4 Å². The van der Waals surface area contributed by atoms with E-state index >= 15 is 0 Å². The van der Waals surface area contributed by atoms with E-state index in [1.807, 2.05) is 37.3 Å². The Morgan fingerprint density at radius 1 is 1.28 bits per heavy atom. The molecule has 7 heteroatoms. The molecule has 2 amide bonds. The zero-order valence-corrected chi connectivity index (χ0v) is 14.6. The van der Waals surface area contributed by atoms with Crippen LogP contribution in [0.4, 0.5) is 0 Å². The normalized spacial score (nSPS) is 19.7. The van der Waals surface area contributed by atoms with E-state index in [0.717, 1.165) is 11.4 Å². The Labute approximate surface area is 146 Å². The van der Waals surface area contributed by atoms with Gasteiger partial charge in [-0.05, 0) is 25.1 Å². The number of para-hydroxylation sites is 1. The van der Waals surface area contributed by atoms with Crippen molar-refractivity contribution < 1.29 is 14.3 Å². The lowest BCUT2D eigenvalue weighted by Crippen LogP contribution is -2.45. The fourth-order valence-corrected chi connectivity index (χ4v) is 3.03. The summed E-state index contributed by atoms with van der Waals surface area (Å²) in [4.78, 5) is 26.6. The molecule has 0 bridgehead atoms. The highest BCUT2D eigenvalue weighted by Crippen LogP contribution is 2.25. The molecule has 1 saturated heterocycles. The van der Waals surface area contributed by atoms with Crippen LogP contribution >= 0.6 is 0 Å². The van der Waals surface area contributed by atoms with Gasteiger partial charge >= 0.3 is 0 Å². The number of likely N-dealkylation sites (N-methyl/N-ethyl adjacent to an activating group) is 1. The molecule has 0 aliphatic carbocycles. The molecular weight excluding hydrogens is 320 g/mol.